The number of hydrogen-bond acceptors (Lipinski definition) is 9. The monoisotopic (exact) mass is 504 g/mol. The first kappa shape index (κ1) is 25.7. The number of methoxy groups -OCH3 is 1. The van der Waals surface area contributed by atoms with Crippen LogP contribution in [0.4, 0.5) is 11.5 Å². The molecule has 3 aromatic rings. The van der Waals surface area contributed by atoms with Crippen LogP contribution in [0.5, 0.6) is 5.75 Å². The van der Waals surface area contributed by atoms with E-state index in [9.17, 15) is 0 Å². The molecule has 9 heteroatoms. The van der Waals surface area contributed by atoms with Crippen molar-refractivity contribution in [1.82, 2.24) is 14.9 Å². The molecule has 2 heterocycles. The molecule has 0 bridgehead atoms. The highest BCUT2D eigenvalue weighted by molar-refractivity contribution is 7.80. The predicted molar refractivity (Wildman–Crippen MR) is 148 cm³/mol. The Morgan fingerprint density at radius 2 is 1.97 bits per heavy atom. The van der Waals surface area contributed by atoms with Gasteiger partial charge in [-0.05, 0) is 36.9 Å². The topological polar surface area (TPSA) is 101 Å². The third-order valence-corrected chi connectivity index (χ3v) is 6.44. The minimum atomic E-state index is 0.518. The molecular formula is C27H32N6O2S. The fourth-order valence-corrected chi connectivity index (χ4v) is 4.44. The van der Waals surface area contributed by atoms with Crippen molar-refractivity contribution in [3.63, 3.8) is 0 Å². The van der Waals surface area contributed by atoms with Crippen LogP contribution in [0.2, 0.25) is 0 Å². The minimum absolute atomic E-state index is 0.518. The van der Waals surface area contributed by atoms with Gasteiger partial charge in [0.25, 0.3) is 0 Å². The Morgan fingerprint density at radius 1 is 1.19 bits per heavy atom. The Balaban J connectivity index is 1.62. The van der Waals surface area contributed by atoms with Crippen molar-refractivity contribution in [3.8, 4) is 17.1 Å². The highest BCUT2D eigenvalue weighted by Crippen LogP contribution is 2.31. The highest BCUT2D eigenvalue weighted by atomic mass is 32.1. The molecule has 2 aromatic carbocycles. The van der Waals surface area contributed by atoms with E-state index in [1.807, 2.05) is 36.4 Å². The van der Waals surface area contributed by atoms with Crippen molar-refractivity contribution in [1.29, 1.82) is 5.41 Å². The minimum Gasteiger partial charge on any atom is -0.497 e. The van der Waals surface area contributed by atoms with Crippen molar-refractivity contribution in [2.45, 2.75) is 11.4 Å². The van der Waals surface area contributed by atoms with Crippen LogP contribution in [-0.4, -0.2) is 68.1 Å². The van der Waals surface area contributed by atoms with E-state index in [1.165, 1.54) is 11.8 Å². The Kier molecular flexibility index (Phi) is 8.58. The number of benzene rings is 2. The van der Waals surface area contributed by atoms with E-state index in [4.69, 9.17) is 43.2 Å². The second-order valence-electron chi connectivity index (χ2n) is 8.61. The van der Waals surface area contributed by atoms with Crippen molar-refractivity contribution < 1.29 is 9.47 Å². The number of thiol groups is 1. The Bertz CT molecular complexity index is 1240. The number of anilines is 2. The van der Waals surface area contributed by atoms with Crippen LogP contribution in [0.25, 0.3) is 17.5 Å². The van der Waals surface area contributed by atoms with E-state index in [0.717, 1.165) is 49.0 Å². The zero-order valence-electron chi connectivity index (χ0n) is 20.6. The number of nitrogens with zero attached hydrogens (tertiary/aromatic N) is 4. The van der Waals surface area contributed by atoms with Crippen LogP contribution in [-0.2, 0) is 11.3 Å². The fraction of sp³-hybridized carbons (Fsp3) is 0.296. The molecule has 1 saturated heterocycles. The second-order valence-corrected chi connectivity index (χ2v) is 9.05. The van der Waals surface area contributed by atoms with Gasteiger partial charge in [-0.2, -0.15) is 0 Å². The largest absolute Gasteiger partial charge is 0.497 e. The number of morpholine rings is 1. The maximum absolute atomic E-state index is 7.87. The molecule has 188 valence electrons. The average Bonchev–Trinajstić information content (AvgIpc) is 2.90. The normalized spacial score (nSPS) is 13.9. The van der Waals surface area contributed by atoms with Crippen LogP contribution in [0, 0.1) is 5.41 Å². The number of likely N-dealkylation sites (N-methyl/N-ethyl adjacent to an activating group) is 1. The lowest BCUT2D eigenvalue weighted by molar-refractivity contribution is 0.122. The van der Waals surface area contributed by atoms with Gasteiger partial charge in [0.2, 0.25) is 0 Å². The standard InChI is InChI=1S/C27H32N6O2S/c1-32(18-19-6-3-7-20(16-19)34-2)11-5-10-24-25(36)27(33-12-14-35-15-13-33)31-26(30-24)21-8-4-9-23(29)22(21)17-28/h3-10,16-17,28,36H,11-15,18,29H2,1-2H3/b10-5+,28-17?. The Hall–Kier alpha value is -3.40. The molecule has 1 aromatic heterocycles. The smallest absolute Gasteiger partial charge is 0.162 e. The van der Waals surface area contributed by atoms with E-state index in [1.54, 1.807) is 13.2 Å². The Labute approximate surface area is 217 Å². The van der Waals surface area contributed by atoms with Crippen LogP contribution in [0.3, 0.4) is 0 Å². The molecule has 0 amide bonds. The molecule has 0 atom stereocenters. The van der Waals surface area contributed by atoms with E-state index in [-0.39, 0.29) is 0 Å². The molecule has 1 aliphatic heterocycles. The van der Waals surface area contributed by atoms with Crippen molar-refractivity contribution in [2.75, 3.05) is 57.6 Å². The number of nitrogens with two attached hydrogens (primary N) is 1. The van der Waals surface area contributed by atoms with Crippen LogP contribution < -0.4 is 15.4 Å². The molecule has 1 aliphatic rings. The van der Waals surface area contributed by atoms with Gasteiger partial charge >= 0.3 is 0 Å². The first-order valence-electron chi connectivity index (χ1n) is 11.8. The fourth-order valence-electron chi connectivity index (χ4n) is 4.12. The summed E-state index contributed by atoms with van der Waals surface area (Å²) in [5.41, 5.74) is 9.88. The number of nitrogens with one attached hydrogen (secondary N) is 1. The molecule has 0 unspecified atom stereocenters. The molecular weight excluding hydrogens is 472 g/mol. The lowest BCUT2D eigenvalue weighted by Crippen LogP contribution is -2.37. The van der Waals surface area contributed by atoms with Gasteiger partial charge in [-0.1, -0.05) is 30.3 Å². The van der Waals surface area contributed by atoms with Gasteiger partial charge < -0.3 is 25.5 Å². The number of ether oxygens (including phenoxy) is 2. The third kappa shape index (κ3) is 6.04. The predicted octanol–water partition coefficient (Wildman–Crippen LogP) is 4.00. The molecule has 1 fully saturated rings. The van der Waals surface area contributed by atoms with E-state index in [2.05, 4.69) is 29.0 Å². The summed E-state index contributed by atoms with van der Waals surface area (Å²) in [6.45, 7) is 4.24. The SMILES string of the molecule is COc1cccc(CN(C)C/C=C/c2nc(-c3cccc(N)c3C=N)nc(N3CCOCC3)c2S)c1. The molecule has 36 heavy (non-hydrogen) atoms. The summed E-state index contributed by atoms with van der Waals surface area (Å²) < 4.78 is 10.9. The summed E-state index contributed by atoms with van der Waals surface area (Å²) in [5.74, 6) is 2.13. The van der Waals surface area contributed by atoms with Crippen LogP contribution in [0.1, 0.15) is 16.8 Å². The number of rotatable bonds is 9. The van der Waals surface area contributed by atoms with Crippen LogP contribution in [0.15, 0.2) is 53.4 Å². The molecule has 0 saturated carbocycles. The van der Waals surface area contributed by atoms with E-state index < -0.39 is 0 Å². The van der Waals surface area contributed by atoms with Gasteiger partial charge in [0.05, 0.1) is 30.9 Å². The summed E-state index contributed by atoms with van der Waals surface area (Å²) in [4.78, 5) is 14.8. The summed E-state index contributed by atoms with van der Waals surface area (Å²) in [6, 6.07) is 13.6. The third-order valence-electron chi connectivity index (χ3n) is 6.01. The van der Waals surface area contributed by atoms with Gasteiger partial charge in [-0.15, -0.1) is 12.6 Å². The summed E-state index contributed by atoms with van der Waals surface area (Å²) in [6.07, 6.45) is 5.31. The summed E-state index contributed by atoms with van der Waals surface area (Å²) >= 11 is 4.82. The van der Waals surface area contributed by atoms with Gasteiger partial charge in [0.1, 0.15) is 11.6 Å². The quantitative estimate of drug-likeness (QED) is 0.230. The van der Waals surface area contributed by atoms with Gasteiger partial charge in [0.15, 0.2) is 5.82 Å². The average molecular weight is 505 g/mol. The first-order valence-corrected chi connectivity index (χ1v) is 12.3. The van der Waals surface area contributed by atoms with E-state index in [0.29, 0.717) is 35.2 Å². The van der Waals surface area contributed by atoms with Crippen molar-refractivity contribution >= 4 is 36.4 Å². The Morgan fingerprint density at radius 3 is 2.72 bits per heavy atom. The lowest BCUT2D eigenvalue weighted by atomic mass is 10.1. The molecule has 8 nitrogen and oxygen atoms in total. The molecule has 0 aliphatic carbocycles. The summed E-state index contributed by atoms with van der Waals surface area (Å²) in [5, 5.41) is 7.87. The number of nitrogen functional groups attached to an aromatic ring is 1. The van der Waals surface area contributed by atoms with Gasteiger partial charge in [0, 0.05) is 49.2 Å². The van der Waals surface area contributed by atoms with Crippen molar-refractivity contribution in [3.05, 3.63) is 65.4 Å². The maximum Gasteiger partial charge on any atom is 0.162 e. The lowest BCUT2D eigenvalue weighted by Gasteiger charge is -2.29. The second kappa shape index (κ2) is 12.0. The first-order chi connectivity index (χ1) is 17.5. The maximum atomic E-state index is 7.87. The molecule has 0 spiro atoms. The van der Waals surface area contributed by atoms with Gasteiger partial charge in [-0.3, -0.25) is 4.90 Å². The zero-order valence-corrected chi connectivity index (χ0v) is 21.5. The van der Waals surface area contributed by atoms with Crippen molar-refractivity contribution in [2.24, 2.45) is 0 Å². The molecule has 3 N–H and O–H groups in total. The summed E-state index contributed by atoms with van der Waals surface area (Å²) in [7, 11) is 3.75. The number of aromatic nitrogens is 2. The zero-order chi connectivity index (χ0) is 25.5. The molecule has 0 radical (unpaired) electrons. The molecule has 4 rings (SSSR count). The van der Waals surface area contributed by atoms with E-state index >= 15 is 0 Å². The van der Waals surface area contributed by atoms with Crippen LogP contribution >= 0.6 is 12.6 Å². The number of hydrogen-bond donors (Lipinski definition) is 3. The van der Waals surface area contributed by atoms with Gasteiger partial charge in [-0.25, -0.2) is 9.97 Å². The highest BCUT2D eigenvalue weighted by Gasteiger charge is 2.20.